The van der Waals surface area contributed by atoms with E-state index >= 15 is 0 Å². The molecule has 0 spiro atoms. The number of alkyl halides is 1. The van der Waals surface area contributed by atoms with Crippen LogP contribution < -0.4 is 10.2 Å². The van der Waals surface area contributed by atoms with Gasteiger partial charge < -0.3 is 19.4 Å². The second kappa shape index (κ2) is 10.4. The molecule has 3 aromatic carbocycles. The third-order valence-electron chi connectivity index (χ3n) is 7.95. The third kappa shape index (κ3) is 4.36. The standard InChI is InChI=1S/C32H28ClF2N5O2/c1-17-13-25-29(36-18(2)39(25)4)31-27(17)21-8-5-7-20-22(16-40(30(20)21)12-11-38(31)3)32(42)19-14-23(34)28(24(35)15-19)37-26(41)9-6-10-33/h5-9,13-16H,10-12H2,1-4H3,(H,37,41)/b9-6+. The van der Waals surface area contributed by atoms with Crippen molar-refractivity contribution >= 4 is 56.6 Å². The van der Waals surface area contributed by atoms with Crippen LogP contribution in [0, 0.1) is 25.5 Å². The van der Waals surface area contributed by atoms with Gasteiger partial charge in [0.05, 0.1) is 16.7 Å². The van der Waals surface area contributed by atoms with E-state index in [4.69, 9.17) is 16.6 Å². The summed E-state index contributed by atoms with van der Waals surface area (Å²) in [5, 5.41) is 2.86. The summed E-state index contributed by atoms with van der Waals surface area (Å²) >= 11 is 5.52. The Hall–Kier alpha value is -4.50. The minimum Gasteiger partial charge on any atom is -0.370 e. The van der Waals surface area contributed by atoms with E-state index in [1.807, 2.05) is 43.8 Å². The second-order valence-corrected chi connectivity index (χ2v) is 10.9. The lowest BCUT2D eigenvalue weighted by atomic mass is 9.93. The first-order valence-electron chi connectivity index (χ1n) is 13.5. The molecule has 0 unspecified atom stereocenters. The smallest absolute Gasteiger partial charge is 0.248 e. The number of halogens is 3. The highest BCUT2D eigenvalue weighted by molar-refractivity contribution is 6.20. The lowest BCUT2D eigenvalue weighted by molar-refractivity contribution is -0.112. The second-order valence-electron chi connectivity index (χ2n) is 10.6. The summed E-state index contributed by atoms with van der Waals surface area (Å²) in [6.45, 7) is 5.30. The Balaban J connectivity index is 1.49. The van der Waals surface area contributed by atoms with Crippen LogP contribution in [0.1, 0.15) is 27.3 Å². The molecule has 214 valence electrons. The van der Waals surface area contributed by atoms with Crippen molar-refractivity contribution in [3.8, 4) is 11.1 Å². The van der Waals surface area contributed by atoms with Gasteiger partial charge in [0.15, 0.2) is 5.78 Å². The maximum Gasteiger partial charge on any atom is 0.248 e. The van der Waals surface area contributed by atoms with E-state index in [9.17, 15) is 18.4 Å². The highest BCUT2D eigenvalue weighted by Crippen LogP contribution is 2.44. The summed E-state index contributed by atoms with van der Waals surface area (Å²) < 4.78 is 34.1. The van der Waals surface area contributed by atoms with Crippen molar-refractivity contribution in [1.82, 2.24) is 14.1 Å². The number of carbonyl (C=O) groups is 2. The van der Waals surface area contributed by atoms with E-state index < -0.39 is 29.0 Å². The molecule has 0 fully saturated rings. The number of nitrogens with one attached hydrogen (secondary N) is 1. The van der Waals surface area contributed by atoms with Crippen LogP contribution in [-0.2, 0) is 18.4 Å². The average molecular weight is 588 g/mol. The van der Waals surface area contributed by atoms with E-state index in [2.05, 4.69) is 27.8 Å². The van der Waals surface area contributed by atoms with Crippen molar-refractivity contribution in [3.05, 3.63) is 88.9 Å². The number of carbonyl (C=O) groups excluding carboxylic acids is 2. The monoisotopic (exact) mass is 587 g/mol. The van der Waals surface area contributed by atoms with E-state index in [-0.39, 0.29) is 11.4 Å². The zero-order chi connectivity index (χ0) is 29.9. The molecule has 0 saturated heterocycles. The van der Waals surface area contributed by atoms with Crippen molar-refractivity contribution in [2.45, 2.75) is 20.4 Å². The molecule has 6 rings (SSSR count). The summed E-state index contributed by atoms with van der Waals surface area (Å²) in [5.41, 5.74) is 6.50. The van der Waals surface area contributed by atoms with Gasteiger partial charge in [0.25, 0.3) is 0 Å². The molecule has 1 N–H and O–H groups in total. The largest absolute Gasteiger partial charge is 0.370 e. The van der Waals surface area contributed by atoms with Crippen LogP contribution in [0.4, 0.5) is 20.2 Å². The molecular weight excluding hydrogens is 560 g/mol. The van der Waals surface area contributed by atoms with Crippen molar-refractivity contribution in [2.24, 2.45) is 7.05 Å². The van der Waals surface area contributed by atoms with E-state index in [1.165, 1.54) is 6.08 Å². The maximum absolute atomic E-state index is 15.0. The highest BCUT2D eigenvalue weighted by Gasteiger charge is 2.27. The van der Waals surface area contributed by atoms with E-state index in [0.717, 1.165) is 63.0 Å². The van der Waals surface area contributed by atoms with Crippen LogP contribution in [0.5, 0.6) is 0 Å². The minimum atomic E-state index is -1.05. The number of anilines is 2. The molecule has 0 saturated carbocycles. The number of allylic oxidation sites excluding steroid dienone is 1. The van der Waals surface area contributed by atoms with Crippen LogP contribution in [0.2, 0.25) is 0 Å². The molecule has 0 bridgehead atoms. The molecule has 1 aliphatic heterocycles. The maximum atomic E-state index is 15.0. The molecule has 1 amide bonds. The summed E-state index contributed by atoms with van der Waals surface area (Å²) in [7, 11) is 4.05. The Morgan fingerprint density at radius 1 is 1.10 bits per heavy atom. The quantitative estimate of drug-likeness (QED) is 0.145. The zero-order valence-corrected chi connectivity index (χ0v) is 24.3. The van der Waals surface area contributed by atoms with Crippen molar-refractivity contribution in [1.29, 1.82) is 0 Å². The number of benzene rings is 3. The summed E-state index contributed by atoms with van der Waals surface area (Å²) in [5.74, 6) is -2.35. The van der Waals surface area contributed by atoms with Crippen LogP contribution >= 0.6 is 11.6 Å². The number of ketones is 1. The molecule has 1 aliphatic rings. The molecule has 7 nitrogen and oxygen atoms in total. The van der Waals surface area contributed by atoms with Gasteiger partial charge in [-0.05, 0) is 37.6 Å². The van der Waals surface area contributed by atoms with Gasteiger partial charge in [-0.1, -0.05) is 24.3 Å². The fraction of sp³-hybridized carbons (Fsp3) is 0.219. The van der Waals surface area contributed by atoms with E-state index in [1.54, 1.807) is 6.20 Å². The van der Waals surface area contributed by atoms with Crippen molar-refractivity contribution in [3.63, 3.8) is 0 Å². The number of rotatable bonds is 5. The third-order valence-corrected chi connectivity index (χ3v) is 8.13. The fourth-order valence-corrected chi connectivity index (χ4v) is 5.93. The number of aryl methyl sites for hydroxylation is 3. The molecule has 3 heterocycles. The number of hydrogen-bond donors (Lipinski definition) is 1. The predicted molar refractivity (Wildman–Crippen MR) is 163 cm³/mol. The zero-order valence-electron chi connectivity index (χ0n) is 23.6. The molecule has 2 aromatic heterocycles. The lowest BCUT2D eigenvalue weighted by Gasteiger charge is -2.28. The number of aromatic nitrogens is 3. The van der Waals surface area contributed by atoms with Crippen molar-refractivity contribution in [2.75, 3.05) is 29.7 Å². The first-order valence-corrected chi connectivity index (χ1v) is 14.0. The molecule has 0 aliphatic carbocycles. The SMILES string of the molecule is Cc1cc2c(nc(C)n2C)c2c1-c1cccc3c(C(=O)c4cc(F)c(NC(=O)/C=C/CCl)c(F)c4)cn(c13)CCN2C. The topological polar surface area (TPSA) is 72.2 Å². The van der Waals surface area contributed by atoms with Crippen LogP contribution in [0.15, 0.2) is 54.7 Å². The molecule has 42 heavy (non-hydrogen) atoms. The van der Waals surface area contributed by atoms with E-state index in [0.29, 0.717) is 24.0 Å². The van der Waals surface area contributed by atoms with Gasteiger partial charge in [0.2, 0.25) is 5.91 Å². The molecule has 5 aromatic rings. The van der Waals surface area contributed by atoms with Crippen LogP contribution in [0.25, 0.3) is 33.1 Å². The molecule has 0 radical (unpaired) electrons. The van der Waals surface area contributed by atoms with Gasteiger partial charge in [0.1, 0.15) is 28.7 Å². The fourth-order valence-electron chi connectivity index (χ4n) is 5.85. The van der Waals surface area contributed by atoms with Crippen molar-refractivity contribution < 1.29 is 18.4 Å². The molecule has 0 atom stereocenters. The summed E-state index contributed by atoms with van der Waals surface area (Å²) in [4.78, 5) is 32.8. The number of imidazole rings is 1. The normalized spacial score (nSPS) is 13.1. The summed E-state index contributed by atoms with van der Waals surface area (Å²) in [6, 6.07) is 9.83. The Kier molecular flexibility index (Phi) is 6.85. The van der Waals surface area contributed by atoms with Gasteiger partial charge >= 0.3 is 0 Å². The average Bonchev–Trinajstić information content (AvgIpc) is 3.47. The molecule has 10 heteroatoms. The predicted octanol–water partition coefficient (Wildman–Crippen LogP) is 6.50. The number of fused-ring (bicyclic) bond motifs is 4. The number of likely N-dealkylation sites (N-methyl/N-ethyl adjacent to an activating group) is 1. The Morgan fingerprint density at radius 2 is 1.83 bits per heavy atom. The van der Waals surface area contributed by atoms with Gasteiger partial charge in [-0.2, -0.15) is 0 Å². The lowest BCUT2D eigenvalue weighted by Crippen LogP contribution is -2.25. The number of nitrogens with zero attached hydrogens (tertiary/aromatic N) is 4. The van der Waals surface area contributed by atoms with Gasteiger partial charge in [-0.25, -0.2) is 13.8 Å². The number of amides is 1. The van der Waals surface area contributed by atoms with Crippen LogP contribution in [0.3, 0.4) is 0 Å². The Morgan fingerprint density at radius 3 is 2.55 bits per heavy atom. The summed E-state index contributed by atoms with van der Waals surface area (Å²) in [6.07, 6.45) is 4.20. The van der Waals surface area contributed by atoms with Gasteiger partial charge in [0, 0.05) is 73.0 Å². The Bertz CT molecular complexity index is 1950. The Labute approximate surface area is 246 Å². The number of para-hydroxylation sites is 1. The first kappa shape index (κ1) is 27.7. The van der Waals surface area contributed by atoms with Gasteiger partial charge in [-0.15, -0.1) is 11.6 Å². The number of hydrogen-bond acceptors (Lipinski definition) is 4. The van der Waals surface area contributed by atoms with Crippen LogP contribution in [-0.4, -0.2) is 45.3 Å². The first-order chi connectivity index (χ1) is 20.1. The minimum absolute atomic E-state index is 0.0791. The highest BCUT2D eigenvalue weighted by atomic mass is 35.5. The van der Waals surface area contributed by atoms with Gasteiger partial charge in [-0.3, -0.25) is 9.59 Å². The molecular formula is C32H28ClF2N5O2.